The molecule has 1 heterocycles. The lowest BCUT2D eigenvalue weighted by Crippen LogP contribution is -2.36. The molecule has 0 aliphatic rings. The number of methoxy groups -OCH3 is 2. The van der Waals surface area contributed by atoms with Gasteiger partial charge in [-0.2, -0.15) is 5.10 Å². The molecule has 8 heteroatoms. The molecule has 0 radical (unpaired) electrons. The number of hydrogen-bond acceptors (Lipinski definition) is 4. The summed E-state index contributed by atoms with van der Waals surface area (Å²) in [6.45, 7) is 1.23. The summed E-state index contributed by atoms with van der Waals surface area (Å²) in [4.78, 5) is 4.29. The Kier molecular flexibility index (Phi) is 8.78. The first-order valence-corrected chi connectivity index (χ1v) is 8.98. The summed E-state index contributed by atoms with van der Waals surface area (Å²) in [7, 11) is 5.04. The molecule has 0 atom stereocenters. The van der Waals surface area contributed by atoms with Gasteiger partial charge in [0.2, 0.25) is 0 Å². The molecule has 0 unspecified atom stereocenters. The standard InChI is InChI=1S/C21H25N5O2.HI/c1-22-21(24-15-17-8-9-19(27-2)13-20(17)28-3)23-14-16-6-4-7-18(12-16)26-11-5-10-25-26;/h4-13H,14-15H2,1-3H3,(H2,22,23,24);1H. The lowest BCUT2D eigenvalue weighted by atomic mass is 10.2. The largest absolute Gasteiger partial charge is 0.497 e. The van der Waals surface area contributed by atoms with Gasteiger partial charge in [-0.15, -0.1) is 24.0 Å². The van der Waals surface area contributed by atoms with Crippen LogP contribution in [-0.2, 0) is 13.1 Å². The molecule has 29 heavy (non-hydrogen) atoms. The van der Waals surface area contributed by atoms with Gasteiger partial charge in [0, 0.05) is 44.2 Å². The van der Waals surface area contributed by atoms with Crippen molar-refractivity contribution in [1.29, 1.82) is 0 Å². The average molecular weight is 507 g/mol. The molecule has 0 spiro atoms. The third-order valence-corrected chi connectivity index (χ3v) is 4.30. The SMILES string of the molecule is CN=C(NCc1cccc(-n2cccn2)c1)NCc1ccc(OC)cc1OC.I. The molecular formula is C21H26IN5O2. The molecular weight excluding hydrogens is 481 g/mol. The van der Waals surface area contributed by atoms with Crippen LogP contribution in [0.3, 0.4) is 0 Å². The van der Waals surface area contributed by atoms with Crippen LogP contribution in [0.1, 0.15) is 11.1 Å². The fourth-order valence-electron chi connectivity index (χ4n) is 2.81. The first-order valence-electron chi connectivity index (χ1n) is 8.98. The quantitative estimate of drug-likeness (QED) is 0.292. The van der Waals surface area contributed by atoms with Crippen LogP contribution in [-0.4, -0.2) is 37.0 Å². The van der Waals surface area contributed by atoms with E-state index in [-0.39, 0.29) is 24.0 Å². The fraction of sp³-hybridized carbons (Fsp3) is 0.238. The van der Waals surface area contributed by atoms with Crippen molar-refractivity contribution in [3.05, 3.63) is 72.1 Å². The van der Waals surface area contributed by atoms with Crippen LogP contribution in [0.25, 0.3) is 5.69 Å². The Labute approximate surface area is 188 Å². The van der Waals surface area contributed by atoms with Gasteiger partial charge >= 0.3 is 0 Å². The summed E-state index contributed by atoms with van der Waals surface area (Å²) >= 11 is 0. The van der Waals surface area contributed by atoms with E-state index in [0.717, 1.165) is 28.3 Å². The normalized spacial score (nSPS) is 10.8. The van der Waals surface area contributed by atoms with Crippen molar-refractivity contribution in [2.45, 2.75) is 13.1 Å². The van der Waals surface area contributed by atoms with Gasteiger partial charge in [0.1, 0.15) is 11.5 Å². The Bertz CT molecular complexity index is 929. The van der Waals surface area contributed by atoms with Crippen molar-refractivity contribution >= 4 is 29.9 Å². The highest BCUT2D eigenvalue weighted by Crippen LogP contribution is 2.24. The predicted octanol–water partition coefficient (Wildman–Crippen LogP) is 3.37. The van der Waals surface area contributed by atoms with Gasteiger partial charge in [-0.1, -0.05) is 12.1 Å². The van der Waals surface area contributed by atoms with Gasteiger partial charge in [0.05, 0.1) is 19.9 Å². The number of aliphatic imine (C=N–C) groups is 1. The van der Waals surface area contributed by atoms with Crippen molar-refractivity contribution < 1.29 is 9.47 Å². The first-order chi connectivity index (χ1) is 13.7. The molecule has 3 rings (SSSR count). The molecule has 3 aromatic rings. The maximum absolute atomic E-state index is 5.44. The van der Waals surface area contributed by atoms with Gasteiger partial charge in [0.15, 0.2) is 5.96 Å². The summed E-state index contributed by atoms with van der Waals surface area (Å²) in [6.07, 6.45) is 3.69. The second-order valence-electron chi connectivity index (χ2n) is 6.08. The lowest BCUT2D eigenvalue weighted by Gasteiger charge is -2.15. The van der Waals surface area contributed by atoms with Crippen LogP contribution in [0.2, 0.25) is 0 Å². The maximum atomic E-state index is 5.44. The smallest absolute Gasteiger partial charge is 0.191 e. The van der Waals surface area contributed by atoms with Crippen LogP contribution in [0.5, 0.6) is 11.5 Å². The van der Waals surface area contributed by atoms with Gasteiger partial charge in [-0.3, -0.25) is 4.99 Å². The summed E-state index contributed by atoms with van der Waals surface area (Å²) in [5, 5.41) is 10.9. The molecule has 1 aromatic heterocycles. The molecule has 0 bridgehead atoms. The Morgan fingerprint density at radius 3 is 2.55 bits per heavy atom. The zero-order valence-electron chi connectivity index (χ0n) is 16.8. The molecule has 154 valence electrons. The molecule has 0 aliphatic carbocycles. The van der Waals surface area contributed by atoms with Crippen LogP contribution in [0, 0.1) is 0 Å². The van der Waals surface area contributed by atoms with Crippen molar-refractivity contribution in [2.24, 2.45) is 4.99 Å². The predicted molar refractivity (Wildman–Crippen MR) is 126 cm³/mol. The second-order valence-corrected chi connectivity index (χ2v) is 6.08. The monoisotopic (exact) mass is 507 g/mol. The van der Waals surface area contributed by atoms with Crippen molar-refractivity contribution in [3.8, 4) is 17.2 Å². The van der Waals surface area contributed by atoms with E-state index in [9.17, 15) is 0 Å². The minimum absolute atomic E-state index is 0. The van der Waals surface area contributed by atoms with Crippen molar-refractivity contribution in [3.63, 3.8) is 0 Å². The molecule has 2 N–H and O–H groups in total. The topological polar surface area (TPSA) is 72.7 Å². The van der Waals surface area contributed by atoms with E-state index in [1.165, 1.54) is 0 Å². The van der Waals surface area contributed by atoms with E-state index in [1.807, 2.05) is 47.3 Å². The van der Waals surface area contributed by atoms with E-state index in [1.54, 1.807) is 27.5 Å². The number of aromatic nitrogens is 2. The first kappa shape index (κ1) is 22.5. The molecule has 0 saturated carbocycles. The fourth-order valence-corrected chi connectivity index (χ4v) is 2.81. The summed E-state index contributed by atoms with van der Waals surface area (Å²) in [6, 6.07) is 15.9. The lowest BCUT2D eigenvalue weighted by molar-refractivity contribution is 0.390. The Morgan fingerprint density at radius 2 is 1.86 bits per heavy atom. The zero-order chi connectivity index (χ0) is 19.8. The maximum Gasteiger partial charge on any atom is 0.191 e. The Morgan fingerprint density at radius 1 is 1.03 bits per heavy atom. The van der Waals surface area contributed by atoms with E-state index >= 15 is 0 Å². The average Bonchev–Trinajstić information content (AvgIpc) is 3.29. The van der Waals surface area contributed by atoms with E-state index in [2.05, 4.69) is 32.9 Å². The molecule has 0 saturated heterocycles. The highest BCUT2D eigenvalue weighted by Gasteiger charge is 2.07. The van der Waals surface area contributed by atoms with Crippen LogP contribution < -0.4 is 20.1 Å². The number of benzene rings is 2. The van der Waals surface area contributed by atoms with Crippen LogP contribution in [0.15, 0.2) is 65.9 Å². The number of nitrogens with zero attached hydrogens (tertiary/aromatic N) is 3. The van der Waals surface area contributed by atoms with E-state index < -0.39 is 0 Å². The van der Waals surface area contributed by atoms with E-state index in [4.69, 9.17) is 9.47 Å². The summed E-state index contributed by atoms with van der Waals surface area (Å²) in [5.74, 6) is 2.25. The molecule has 0 amide bonds. The molecule has 7 nitrogen and oxygen atoms in total. The minimum Gasteiger partial charge on any atom is -0.497 e. The minimum atomic E-state index is 0. The van der Waals surface area contributed by atoms with Gasteiger partial charge in [-0.05, 0) is 35.9 Å². The highest BCUT2D eigenvalue weighted by atomic mass is 127. The number of ether oxygens (including phenoxy) is 2. The second kappa shape index (κ2) is 11.3. The van der Waals surface area contributed by atoms with Crippen LogP contribution in [0.4, 0.5) is 0 Å². The van der Waals surface area contributed by atoms with Gasteiger partial charge in [-0.25, -0.2) is 4.68 Å². The van der Waals surface area contributed by atoms with Crippen LogP contribution >= 0.6 is 24.0 Å². The van der Waals surface area contributed by atoms with Crippen molar-refractivity contribution in [2.75, 3.05) is 21.3 Å². The third kappa shape index (κ3) is 6.11. The Hall–Kier alpha value is -2.75. The molecule has 0 fully saturated rings. The number of guanidine groups is 1. The van der Waals surface area contributed by atoms with E-state index in [0.29, 0.717) is 19.0 Å². The Balaban J connectivity index is 0.00000300. The number of hydrogen-bond donors (Lipinski definition) is 2. The van der Waals surface area contributed by atoms with Gasteiger partial charge < -0.3 is 20.1 Å². The number of nitrogens with one attached hydrogen (secondary N) is 2. The molecule has 2 aromatic carbocycles. The van der Waals surface area contributed by atoms with Crippen molar-refractivity contribution in [1.82, 2.24) is 20.4 Å². The third-order valence-electron chi connectivity index (χ3n) is 4.30. The molecule has 0 aliphatic heterocycles. The zero-order valence-corrected chi connectivity index (χ0v) is 19.1. The number of halogens is 1. The summed E-state index contributed by atoms with van der Waals surface area (Å²) < 4.78 is 12.5. The number of rotatable bonds is 7. The van der Waals surface area contributed by atoms with Gasteiger partial charge in [0.25, 0.3) is 0 Å². The highest BCUT2D eigenvalue weighted by molar-refractivity contribution is 14.0. The summed E-state index contributed by atoms with van der Waals surface area (Å²) in [5.41, 5.74) is 3.18.